The van der Waals surface area contributed by atoms with Crippen LogP contribution >= 0.6 is 15.6 Å². The fourth-order valence-corrected chi connectivity index (χ4v) is 16.4. The zero-order valence-corrected chi connectivity index (χ0v) is 76.5. The Hall–Kier alpha value is -1.94. The van der Waals surface area contributed by atoms with Crippen molar-refractivity contribution in [2.75, 3.05) is 39.6 Å². The monoisotopic (exact) mass is 1650 g/mol. The molecule has 0 aromatic carbocycles. The van der Waals surface area contributed by atoms with Crippen LogP contribution < -0.4 is 0 Å². The van der Waals surface area contributed by atoms with E-state index in [0.29, 0.717) is 25.7 Å². The molecule has 0 aliphatic rings. The molecule has 17 nitrogen and oxygen atoms in total. The van der Waals surface area contributed by atoms with Crippen LogP contribution in [0, 0.1) is 11.8 Å². The van der Waals surface area contributed by atoms with Gasteiger partial charge >= 0.3 is 39.5 Å². The van der Waals surface area contributed by atoms with Crippen molar-refractivity contribution in [2.24, 2.45) is 11.8 Å². The van der Waals surface area contributed by atoms with E-state index in [4.69, 9.17) is 37.0 Å². The van der Waals surface area contributed by atoms with Gasteiger partial charge in [-0.25, -0.2) is 9.13 Å². The molecule has 0 saturated carbocycles. The van der Waals surface area contributed by atoms with Gasteiger partial charge in [0.1, 0.15) is 19.3 Å². The van der Waals surface area contributed by atoms with Gasteiger partial charge in [-0.3, -0.25) is 37.3 Å². The maximum Gasteiger partial charge on any atom is 0.472 e. The largest absolute Gasteiger partial charge is 0.472 e. The van der Waals surface area contributed by atoms with E-state index in [9.17, 15) is 43.2 Å². The van der Waals surface area contributed by atoms with Crippen LogP contribution in [-0.2, 0) is 65.4 Å². The molecule has 672 valence electrons. The Morgan fingerprint density at radius 1 is 0.257 bits per heavy atom. The molecule has 0 aliphatic carbocycles. The van der Waals surface area contributed by atoms with Gasteiger partial charge in [-0.15, -0.1) is 0 Å². The van der Waals surface area contributed by atoms with Crippen LogP contribution in [0.5, 0.6) is 0 Å². The van der Waals surface area contributed by atoms with E-state index in [1.54, 1.807) is 0 Å². The summed E-state index contributed by atoms with van der Waals surface area (Å²) in [6.07, 6.45) is 80.7. The first-order chi connectivity index (χ1) is 54.9. The molecule has 0 aromatic heterocycles. The Balaban J connectivity index is 5.24. The molecule has 0 heterocycles. The normalized spacial score (nSPS) is 13.9. The minimum Gasteiger partial charge on any atom is -0.462 e. The lowest BCUT2D eigenvalue weighted by atomic mass is 9.99. The van der Waals surface area contributed by atoms with Gasteiger partial charge in [-0.05, 0) is 37.5 Å². The summed E-state index contributed by atoms with van der Waals surface area (Å²) < 4.78 is 69.2. The van der Waals surface area contributed by atoms with Crippen molar-refractivity contribution >= 4 is 39.5 Å². The Kier molecular flexibility index (Phi) is 83.6. The average Bonchev–Trinajstić information content (AvgIpc) is 0.896. The summed E-state index contributed by atoms with van der Waals surface area (Å²) in [5.74, 6) is -0.514. The van der Waals surface area contributed by atoms with Gasteiger partial charge < -0.3 is 33.8 Å². The number of unbranched alkanes of at least 4 members (excludes halogenated alkanes) is 62. The number of rotatable bonds is 93. The van der Waals surface area contributed by atoms with Crippen LogP contribution in [0.1, 0.15) is 510 Å². The molecular weight excluding hydrogens is 1460 g/mol. The number of aliphatic hydroxyl groups excluding tert-OH is 1. The Bertz CT molecular complexity index is 2150. The number of hydrogen-bond donors (Lipinski definition) is 3. The van der Waals surface area contributed by atoms with Crippen LogP contribution in [-0.4, -0.2) is 96.7 Å². The first-order valence-electron chi connectivity index (χ1n) is 48.5. The lowest BCUT2D eigenvalue weighted by Gasteiger charge is -2.21. The summed E-state index contributed by atoms with van der Waals surface area (Å²) in [6.45, 7) is 9.74. The van der Waals surface area contributed by atoms with Gasteiger partial charge in [-0.1, -0.05) is 459 Å². The Morgan fingerprint density at radius 3 is 0.673 bits per heavy atom. The number of phosphoric acid groups is 2. The Labute approximate surface area is 696 Å². The highest BCUT2D eigenvalue weighted by Gasteiger charge is 2.31. The molecule has 0 aromatic rings. The topological polar surface area (TPSA) is 237 Å². The van der Waals surface area contributed by atoms with Gasteiger partial charge in [0, 0.05) is 25.7 Å². The van der Waals surface area contributed by atoms with E-state index in [1.807, 2.05) is 0 Å². The van der Waals surface area contributed by atoms with Crippen LogP contribution in [0.25, 0.3) is 0 Å². The van der Waals surface area contributed by atoms with Crippen molar-refractivity contribution in [2.45, 2.75) is 529 Å². The van der Waals surface area contributed by atoms with Gasteiger partial charge in [0.15, 0.2) is 12.2 Å². The van der Waals surface area contributed by atoms with Crippen LogP contribution in [0.4, 0.5) is 0 Å². The van der Waals surface area contributed by atoms with E-state index >= 15 is 0 Å². The standard InChI is InChI=1S/C94H184O17P2/c1-7-10-12-14-16-18-20-22-24-26-28-30-32-34-36-40-44-48-52-60-66-72-78-93(98)110-89(82-104-91(96)76-70-64-58-51-47-43-39-35-33-31-29-27-25-23-21-19-17-15-13-11-8-2)84-108-112(100,101)106-80-88(95)81-107-113(102,103)109-85-90(83-105-92(97)77-71-65-59-55-54-57-63-69-75-87(6)9-3)111-94(99)79-73-67-61-53-49-45-41-37-38-42-46-50-56-62-68-74-86(4)5/h86-90,95H,7-85H2,1-6H3,(H,100,101)(H,102,103)/t87?,88-,89-,90-/m1/s1. The molecule has 0 rings (SSSR count). The molecule has 0 aliphatic heterocycles. The van der Waals surface area contributed by atoms with E-state index in [-0.39, 0.29) is 25.7 Å². The van der Waals surface area contributed by atoms with E-state index in [0.717, 1.165) is 102 Å². The van der Waals surface area contributed by atoms with Crippen LogP contribution in [0.2, 0.25) is 0 Å². The van der Waals surface area contributed by atoms with Gasteiger partial charge in [0.2, 0.25) is 0 Å². The second-order valence-electron chi connectivity index (χ2n) is 34.5. The number of ether oxygens (including phenoxy) is 4. The molecule has 0 saturated heterocycles. The molecule has 0 amide bonds. The summed E-state index contributed by atoms with van der Waals surface area (Å²) >= 11 is 0. The quantitative estimate of drug-likeness (QED) is 0.0222. The van der Waals surface area contributed by atoms with Crippen LogP contribution in [0.3, 0.4) is 0 Å². The third kappa shape index (κ3) is 86.3. The lowest BCUT2D eigenvalue weighted by Crippen LogP contribution is -2.30. The minimum atomic E-state index is -4.97. The SMILES string of the molecule is CCCCCCCCCCCCCCCCCCCCCCCCC(=O)O[C@H](COC(=O)CCCCCCCCCCCCCCCCCCCCCCC)COP(=O)(O)OC[C@@H](O)COP(=O)(O)OC[C@@H](COC(=O)CCCCCCCCCCC(C)CC)OC(=O)CCCCCCCCCCCCCCCCCC(C)C. The average molecular weight is 1650 g/mol. The summed E-state index contributed by atoms with van der Waals surface area (Å²) in [5, 5.41) is 10.7. The van der Waals surface area contributed by atoms with Crippen molar-refractivity contribution < 1.29 is 80.2 Å². The first-order valence-corrected chi connectivity index (χ1v) is 51.5. The molecule has 3 N–H and O–H groups in total. The second-order valence-corrected chi connectivity index (χ2v) is 37.4. The number of phosphoric ester groups is 2. The molecule has 0 bridgehead atoms. The molecule has 19 heteroatoms. The molecule has 0 radical (unpaired) electrons. The summed E-state index contributed by atoms with van der Waals surface area (Å²) in [5.41, 5.74) is 0. The zero-order chi connectivity index (χ0) is 82.7. The molecule has 0 spiro atoms. The van der Waals surface area contributed by atoms with Crippen molar-refractivity contribution in [1.29, 1.82) is 0 Å². The third-order valence-electron chi connectivity index (χ3n) is 22.6. The molecular formula is C94H184O17P2. The molecule has 113 heavy (non-hydrogen) atoms. The maximum atomic E-state index is 13.2. The molecule has 6 atom stereocenters. The van der Waals surface area contributed by atoms with Crippen molar-refractivity contribution in [3.8, 4) is 0 Å². The van der Waals surface area contributed by atoms with Crippen molar-refractivity contribution in [1.82, 2.24) is 0 Å². The van der Waals surface area contributed by atoms with Gasteiger partial charge in [0.05, 0.1) is 26.4 Å². The maximum absolute atomic E-state index is 13.2. The number of aliphatic hydroxyl groups is 1. The minimum absolute atomic E-state index is 0.108. The van der Waals surface area contributed by atoms with E-state index in [2.05, 4.69) is 41.5 Å². The number of hydrogen-bond acceptors (Lipinski definition) is 15. The molecule has 3 unspecified atom stereocenters. The van der Waals surface area contributed by atoms with Gasteiger partial charge in [0.25, 0.3) is 0 Å². The summed E-state index contributed by atoms with van der Waals surface area (Å²) in [6, 6.07) is 0. The predicted molar refractivity (Wildman–Crippen MR) is 469 cm³/mol. The highest BCUT2D eigenvalue weighted by atomic mass is 31.2. The third-order valence-corrected chi connectivity index (χ3v) is 24.5. The zero-order valence-electron chi connectivity index (χ0n) is 74.7. The number of carbonyl (C=O) groups excluding carboxylic acids is 4. The van der Waals surface area contributed by atoms with Gasteiger partial charge in [-0.2, -0.15) is 0 Å². The smallest absolute Gasteiger partial charge is 0.462 e. The number of carbonyl (C=O) groups is 4. The first kappa shape index (κ1) is 111. The predicted octanol–water partition coefficient (Wildman–Crippen LogP) is 29.4. The summed E-state index contributed by atoms with van der Waals surface area (Å²) in [4.78, 5) is 73.5. The fraction of sp³-hybridized carbons (Fsp3) is 0.957. The summed E-state index contributed by atoms with van der Waals surface area (Å²) in [7, 11) is -9.94. The van der Waals surface area contributed by atoms with Crippen molar-refractivity contribution in [3.05, 3.63) is 0 Å². The van der Waals surface area contributed by atoms with Crippen molar-refractivity contribution in [3.63, 3.8) is 0 Å². The molecule has 0 fully saturated rings. The second kappa shape index (κ2) is 85.1. The van der Waals surface area contributed by atoms with Crippen LogP contribution in [0.15, 0.2) is 0 Å². The highest BCUT2D eigenvalue weighted by molar-refractivity contribution is 7.47. The highest BCUT2D eigenvalue weighted by Crippen LogP contribution is 2.45. The Morgan fingerprint density at radius 2 is 0.451 bits per heavy atom. The lowest BCUT2D eigenvalue weighted by molar-refractivity contribution is -0.161. The fourth-order valence-electron chi connectivity index (χ4n) is 14.8. The number of esters is 4. The van der Waals surface area contributed by atoms with E-state index in [1.165, 1.54) is 327 Å². The van der Waals surface area contributed by atoms with E-state index < -0.39 is 97.5 Å².